The Labute approximate surface area is 57.8 Å². The predicted octanol–water partition coefficient (Wildman–Crippen LogP) is 1.30. The zero-order valence-corrected chi connectivity index (χ0v) is 5.29. The zero-order valence-electron chi connectivity index (χ0n) is 5.29. The zero-order chi connectivity index (χ0) is 6.97. The first-order chi connectivity index (χ1) is 4.88. The van der Waals surface area contributed by atoms with Crippen molar-refractivity contribution in [3.63, 3.8) is 0 Å². The molecule has 1 N–H and O–H groups in total. The first-order valence-corrected chi connectivity index (χ1v) is 3.11. The van der Waals surface area contributed by atoms with Gasteiger partial charge in [0.1, 0.15) is 5.69 Å². The lowest BCUT2D eigenvalue weighted by Crippen LogP contribution is -2.03. The molecule has 2 rings (SSSR count). The van der Waals surface area contributed by atoms with Crippen molar-refractivity contribution in [1.29, 1.82) is 0 Å². The molecule has 0 atom stereocenters. The summed E-state index contributed by atoms with van der Waals surface area (Å²) < 4.78 is 0. The Morgan fingerprint density at radius 3 is 3.30 bits per heavy atom. The number of carbonyl (C=O) groups is 1. The van der Waals surface area contributed by atoms with E-state index in [4.69, 9.17) is 0 Å². The Balaban J connectivity index is 2.62. The lowest BCUT2D eigenvalue weighted by atomic mass is 10.2. The van der Waals surface area contributed by atoms with Gasteiger partial charge in [0.15, 0.2) is 5.78 Å². The number of H-pyrrole nitrogens is 1. The summed E-state index contributed by atoms with van der Waals surface area (Å²) in [7, 11) is 0. The fourth-order valence-electron chi connectivity index (χ4n) is 1.02. The second-order valence-corrected chi connectivity index (χ2v) is 2.18. The van der Waals surface area contributed by atoms with Crippen LogP contribution < -0.4 is 0 Å². The number of fused-ring (bicyclic) bond motifs is 1. The molecular weight excluding hydrogens is 128 g/mol. The standard InChI is InChI=1S/C7H6N2O/c10-6-2-4-8-5-1-3-9-7(5)6/h1,3-4,9H,2H2. The molecule has 50 valence electrons. The lowest BCUT2D eigenvalue weighted by molar-refractivity contribution is 0.0997. The molecule has 1 aromatic heterocycles. The average Bonchev–Trinajstić information content (AvgIpc) is 2.36. The molecule has 0 bridgehead atoms. The minimum absolute atomic E-state index is 0.120. The third-order valence-electron chi connectivity index (χ3n) is 1.51. The Hall–Kier alpha value is -1.38. The van der Waals surface area contributed by atoms with E-state index in [-0.39, 0.29) is 5.78 Å². The fraction of sp³-hybridized carbons (Fsp3) is 0.143. The first kappa shape index (κ1) is 5.41. The summed E-state index contributed by atoms with van der Waals surface area (Å²) >= 11 is 0. The van der Waals surface area contributed by atoms with Crippen molar-refractivity contribution in [3.8, 4) is 0 Å². The highest BCUT2D eigenvalue weighted by atomic mass is 16.1. The van der Waals surface area contributed by atoms with Gasteiger partial charge in [0.05, 0.1) is 5.69 Å². The van der Waals surface area contributed by atoms with Crippen molar-refractivity contribution >= 4 is 17.7 Å². The highest BCUT2D eigenvalue weighted by Crippen LogP contribution is 2.21. The Bertz CT molecular complexity index is 298. The monoisotopic (exact) mass is 134 g/mol. The summed E-state index contributed by atoms with van der Waals surface area (Å²) in [5.74, 6) is 0.120. The highest BCUT2D eigenvalue weighted by Gasteiger charge is 2.13. The van der Waals surface area contributed by atoms with Gasteiger partial charge in [-0.3, -0.25) is 9.79 Å². The van der Waals surface area contributed by atoms with Gasteiger partial charge in [-0.2, -0.15) is 0 Å². The minimum atomic E-state index is 0.120. The number of aromatic nitrogens is 1. The van der Waals surface area contributed by atoms with Gasteiger partial charge < -0.3 is 4.98 Å². The van der Waals surface area contributed by atoms with E-state index in [2.05, 4.69) is 9.98 Å². The predicted molar refractivity (Wildman–Crippen MR) is 37.9 cm³/mol. The Morgan fingerprint density at radius 2 is 2.50 bits per heavy atom. The third-order valence-corrected chi connectivity index (χ3v) is 1.51. The smallest absolute Gasteiger partial charge is 0.186 e. The molecule has 0 aliphatic carbocycles. The number of ketones is 1. The Morgan fingerprint density at radius 1 is 1.60 bits per heavy atom. The van der Waals surface area contributed by atoms with Crippen LogP contribution in [0.5, 0.6) is 0 Å². The molecule has 1 aliphatic heterocycles. The molecule has 10 heavy (non-hydrogen) atoms. The molecule has 0 saturated heterocycles. The minimum Gasteiger partial charge on any atom is -0.357 e. The highest BCUT2D eigenvalue weighted by molar-refractivity contribution is 6.08. The van der Waals surface area contributed by atoms with E-state index >= 15 is 0 Å². The van der Waals surface area contributed by atoms with Crippen molar-refractivity contribution in [3.05, 3.63) is 18.0 Å². The van der Waals surface area contributed by atoms with Gasteiger partial charge in [0, 0.05) is 18.8 Å². The summed E-state index contributed by atoms with van der Waals surface area (Å²) in [6.07, 6.45) is 3.79. The molecule has 1 aromatic rings. The number of aromatic amines is 1. The maximum Gasteiger partial charge on any atom is 0.186 e. The van der Waals surface area contributed by atoms with E-state index in [0.29, 0.717) is 12.1 Å². The molecule has 0 unspecified atom stereocenters. The molecular formula is C7H6N2O. The van der Waals surface area contributed by atoms with Crippen LogP contribution in [0.15, 0.2) is 17.3 Å². The fourth-order valence-corrected chi connectivity index (χ4v) is 1.02. The number of hydrogen-bond acceptors (Lipinski definition) is 2. The SMILES string of the molecule is O=C1CC=Nc2cc[nH]c21. The summed E-state index contributed by atoms with van der Waals surface area (Å²) in [6.45, 7) is 0. The van der Waals surface area contributed by atoms with E-state index in [1.54, 1.807) is 18.5 Å². The van der Waals surface area contributed by atoms with Gasteiger partial charge in [-0.15, -0.1) is 0 Å². The van der Waals surface area contributed by atoms with E-state index in [1.165, 1.54) is 0 Å². The molecule has 0 radical (unpaired) electrons. The van der Waals surface area contributed by atoms with Crippen molar-refractivity contribution in [2.75, 3.05) is 0 Å². The van der Waals surface area contributed by atoms with Gasteiger partial charge in [-0.25, -0.2) is 0 Å². The van der Waals surface area contributed by atoms with Gasteiger partial charge >= 0.3 is 0 Å². The summed E-state index contributed by atoms with van der Waals surface area (Å²) in [5.41, 5.74) is 1.40. The summed E-state index contributed by atoms with van der Waals surface area (Å²) in [4.78, 5) is 17.9. The number of hydrogen-bond donors (Lipinski definition) is 1. The maximum absolute atomic E-state index is 11.0. The molecule has 0 fully saturated rings. The first-order valence-electron chi connectivity index (χ1n) is 3.11. The average molecular weight is 134 g/mol. The molecule has 0 saturated carbocycles. The largest absolute Gasteiger partial charge is 0.357 e. The number of nitrogens with one attached hydrogen (secondary N) is 1. The second kappa shape index (κ2) is 1.80. The number of aliphatic imine (C=N–C) groups is 1. The maximum atomic E-state index is 11.0. The van der Waals surface area contributed by atoms with Crippen LogP contribution in [0.1, 0.15) is 16.9 Å². The van der Waals surface area contributed by atoms with Crippen LogP contribution in [-0.2, 0) is 0 Å². The van der Waals surface area contributed by atoms with Gasteiger partial charge in [-0.1, -0.05) is 0 Å². The third kappa shape index (κ3) is 0.603. The molecule has 3 nitrogen and oxygen atoms in total. The molecule has 1 aliphatic rings. The molecule has 2 heterocycles. The van der Waals surface area contributed by atoms with Gasteiger partial charge in [-0.05, 0) is 6.07 Å². The van der Waals surface area contributed by atoms with E-state index < -0.39 is 0 Å². The number of Topliss-reactive ketones (excluding diaryl/α,β-unsaturated/α-hetero) is 1. The van der Waals surface area contributed by atoms with Crippen LogP contribution in [0.3, 0.4) is 0 Å². The van der Waals surface area contributed by atoms with Crippen molar-refractivity contribution in [2.24, 2.45) is 4.99 Å². The van der Waals surface area contributed by atoms with Crippen LogP contribution in [0, 0.1) is 0 Å². The van der Waals surface area contributed by atoms with E-state index in [9.17, 15) is 4.79 Å². The quantitative estimate of drug-likeness (QED) is 0.571. The van der Waals surface area contributed by atoms with E-state index in [0.717, 1.165) is 5.69 Å². The molecule has 3 heteroatoms. The number of carbonyl (C=O) groups excluding carboxylic acids is 1. The normalized spacial score (nSPS) is 15.4. The van der Waals surface area contributed by atoms with Crippen LogP contribution in [0.4, 0.5) is 5.69 Å². The van der Waals surface area contributed by atoms with Gasteiger partial charge in [0.25, 0.3) is 0 Å². The number of nitrogens with zero attached hydrogens (tertiary/aromatic N) is 1. The van der Waals surface area contributed by atoms with Crippen LogP contribution >= 0.6 is 0 Å². The lowest BCUT2D eigenvalue weighted by Gasteiger charge is -2.00. The van der Waals surface area contributed by atoms with E-state index in [1.807, 2.05) is 0 Å². The van der Waals surface area contributed by atoms with Crippen molar-refractivity contribution in [2.45, 2.75) is 6.42 Å². The molecule has 0 aromatic carbocycles. The van der Waals surface area contributed by atoms with Crippen LogP contribution in [0.25, 0.3) is 0 Å². The second-order valence-electron chi connectivity index (χ2n) is 2.18. The Kier molecular flexibility index (Phi) is 0.974. The topological polar surface area (TPSA) is 45.2 Å². The molecule has 0 spiro atoms. The van der Waals surface area contributed by atoms with Crippen LogP contribution in [-0.4, -0.2) is 17.0 Å². The molecule has 0 amide bonds. The summed E-state index contributed by atoms with van der Waals surface area (Å²) in [5, 5.41) is 0. The van der Waals surface area contributed by atoms with Crippen molar-refractivity contribution < 1.29 is 4.79 Å². The van der Waals surface area contributed by atoms with Gasteiger partial charge in [0.2, 0.25) is 0 Å². The van der Waals surface area contributed by atoms with Crippen LogP contribution in [0.2, 0.25) is 0 Å². The van der Waals surface area contributed by atoms with Crippen molar-refractivity contribution in [1.82, 2.24) is 4.98 Å². The summed E-state index contributed by atoms with van der Waals surface area (Å²) in [6, 6.07) is 1.79. The number of rotatable bonds is 0.